The van der Waals surface area contributed by atoms with Crippen LogP contribution in [0.25, 0.3) is 0 Å². The summed E-state index contributed by atoms with van der Waals surface area (Å²) in [6, 6.07) is 0.616. The number of rotatable bonds is 4. The van der Waals surface area contributed by atoms with E-state index in [9.17, 15) is 0 Å². The van der Waals surface area contributed by atoms with Crippen LogP contribution in [-0.2, 0) is 11.3 Å². The Kier molecular flexibility index (Phi) is 3.79. The molecule has 1 atom stereocenters. The molecule has 1 saturated heterocycles. The van der Waals surface area contributed by atoms with Crippen molar-refractivity contribution in [3.05, 3.63) is 12.0 Å². The summed E-state index contributed by atoms with van der Waals surface area (Å²) >= 11 is 0. The first kappa shape index (κ1) is 11.4. The van der Waals surface area contributed by atoms with Gasteiger partial charge < -0.3 is 19.2 Å². The number of ether oxygens (including phenoxy) is 1. The van der Waals surface area contributed by atoms with Crippen molar-refractivity contribution < 1.29 is 14.3 Å². The zero-order chi connectivity index (χ0) is 11.4. The van der Waals surface area contributed by atoms with Gasteiger partial charge in [0, 0.05) is 20.2 Å². The first-order chi connectivity index (χ1) is 7.83. The second-order valence-corrected chi connectivity index (χ2v) is 4.19. The van der Waals surface area contributed by atoms with E-state index in [2.05, 4.69) is 9.88 Å². The smallest absolute Gasteiger partial charge is 0.297 e. The highest BCUT2D eigenvalue weighted by molar-refractivity contribution is 5.27. The average molecular weight is 226 g/mol. The summed E-state index contributed by atoms with van der Waals surface area (Å²) in [6.45, 7) is 2.59. The van der Waals surface area contributed by atoms with Crippen LogP contribution in [0.5, 0.6) is 0 Å². The molecule has 0 saturated carbocycles. The topological polar surface area (TPSA) is 58.7 Å². The SMILES string of the molecule is COCC1CCCN(c2nc(CO)co2)C1. The molecule has 1 aromatic heterocycles. The lowest BCUT2D eigenvalue weighted by atomic mass is 9.99. The zero-order valence-electron chi connectivity index (χ0n) is 9.56. The molecule has 0 aliphatic carbocycles. The Labute approximate surface area is 95.0 Å². The Morgan fingerprint density at radius 2 is 2.56 bits per heavy atom. The number of aromatic nitrogens is 1. The molecule has 0 bridgehead atoms. The highest BCUT2D eigenvalue weighted by atomic mass is 16.5. The molecule has 1 aromatic rings. The van der Waals surface area contributed by atoms with E-state index in [1.54, 1.807) is 7.11 Å². The number of methoxy groups -OCH3 is 1. The Morgan fingerprint density at radius 3 is 3.25 bits per heavy atom. The summed E-state index contributed by atoms with van der Waals surface area (Å²) in [7, 11) is 1.73. The zero-order valence-corrected chi connectivity index (χ0v) is 9.56. The van der Waals surface area contributed by atoms with Crippen molar-refractivity contribution >= 4 is 6.01 Å². The summed E-state index contributed by atoms with van der Waals surface area (Å²) in [5, 5.41) is 8.92. The highest BCUT2D eigenvalue weighted by Crippen LogP contribution is 2.22. The van der Waals surface area contributed by atoms with Crippen molar-refractivity contribution in [2.45, 2.75) is 19.4 Å². The Hall–Kier alpha value is -1.07. The van der Waals surface area contributed by atoms with E-state index in [-0.39, 0.29) is 6.61 Å². The van der Waals surface area contributed by atoms with Crippen LogP contribution in [0.4, 0.5) is 6.01 Å². The van der Waals surface area contributed by atoms with Gasteiger partial charge in [-0.25, -0.2) is 0 Å². The van der Waals surface area contributed by atoms with Crippen LogP contribution < -0.4 is 4.90 Å². The van der Waals surface area contributed by atoms with E-state index in [4.69, 9.17) is 14.3 Å². The van der Waals surface area contributed by atoms with E-state index in [1.165, 1.54) is 12.7 Å². The van der Waals surface area contributed by atoms with E-state index in [1.807, 2.05) is 0 Å². The fourth-order valence-corrected chi connectivity index (χ4v) is 2.12. The lowest BCUT2D eigenvalue weighted by Gasteiger charge is -2.31. The van der Waals surface area contributed by atoms with E-state index < -0.39 is 0 Å². The molecule has 1 aliphatic heterocycles. The number of hydrogen-bond donors (Lipinski definition) is 1. The minimum absolute atomic E-state index is 0.0706. The molecule has 0 aromatic carbocycles. The van der Waals surface area contributed by atoms with Crippen LogP contribution in [0.15, 0.2) is 10.7 Å². The van der Waals surface area contributed by atoms with E-state index in [0.29, 0.717) is 17.6 Å². The van der Waals surface area contributed by atoms with Gasteiger partial charge in [0.2, 0.25) is 0 Å². The van der Waals surface area contributed by atoms with Crippen molar-refractivity contribution in [2.24, 2.45) is 5.92 Å². The van der Waals surface area contributed by atoms with Crippen molar-refractivity contribution in [3.63, 3.8) is 0 Å². The summed E-state index contributed by atoms with van der Waals surface area (Å²) in [5.41, 5.74) is 0.587. The van der Waals surface area contributed by atoms with Gasteiger partial charge in [-0.1, -0.05) is 0 Å². The number of aliphatic hydroxyl groups is 1. The van der Waals surface area contributed by atoms with Crippen LogP contribution in [0, 0.1) is 5.92 Å². The number of piperidine rings is 1. The molecule has 16 heavy (non-hydrogen) atoms. The average Bonchev–Trinajstić information content (AvgIpc) is 2.78. The van der Waals surface area contributed by atoms with Crippen LogP contribution in [0.2, 0.25) is 0 Å². The maximum atomic E-state index is 8.92. The minimum Gasteiger partial charge on any atom is -0.432 e. The fourth-order valence-electron chi connectivity index (χ4n) is 2.12. The molecule has 90 valence electrons. The van der Waals surface area contributed by atoms with E-state index in [0.717, 1.165) is 26.1 Å². The Morgan fingerprint density at radius 1 is 1.69 bits per heavy atom. The molecule has 2 heterocycles. The Bertz CT molecular complexity index is 325. The lowest BCUT2D eigenvalue weighted by Crippen LogP contribution is -2.37. The second-order valence-electron chi connectivity index (χ2n) is 4.19. The molecular formula is C11H18N2O3. The van der Waals surface area contributed by atoms with Crippen LogP contribution in [0.1, 0.15) is 18.5 Å². The summed E-state index contributed by atoms with van der Waals surface area (Å²) in [5.74, 6) is 0.545. The fraction of sp³-hybridized carbons (Fsp3) is 0.727. The molecule has 5 nitrogen and oxygen atoms in total. The van der Waals surface area contributed by atoms with Gasteiger partial charge in [0.1, 0.15) is 12.0 Å². The molecular weight excluding hydrogens is 208 g/mol. The molecule has 1 fully saturated rings. The molecule has 5 heteroatoms. The predicted molar refractivity (Wildman–Crippen MR) is 59.2 cm³/mol. The maximum absolute atomic E-state index is 8.92. The van der Waals surface area contributed by atoms with Gasteiger partial charge in [0.25, 0.3) is 6.01 Å². The molecule has 1 aliphatic rings. The number of anilines is 1. The molecule has 0 amide bonds. The molecule has 1 unspecified atom stereocenters. The summed E-state index contributed by atoms with van der Waals surface area (Å²) in [6.07, 6.45) is 3.83. The second kappa shape index (κ2) is 5.32. The molecule has 1 N–H and O–H groups in total. The predicted octanol–water partition coefficient (Wildman–Crippen LogP) is 1.03. The summed E-state index contributed by atoms with van der Waals surface area (Å²) < 4.78 is 10.5. The van der Waals surface area contributed by atoms with Gasteiger partial charge in [0.15, 0.2) is 0 Å². The highest BCUT2D eigenvalue weighted by Gasteiger charge is 2.22. The third kappa shape index (κ3) is 2.54. The van der Waals surface area contributed by atoms with Gasteiger partial charge in [-0.05, 0) is 18.8 Å². The first-order valence-electron chi connectivity index (χ1n) is 5.62. The minimum atomic E-state index is -0.0706. The van der Waals surface area contributed by atoms with E-state index >= 15 is 0 Å². The first-order valence-corrected chi connectivity index (χ1v) is 5.62. The molecule has 0 radical (unpaired) electrons. The van der Waals surface area contributed by atoms with Crippen molar-refractivity contribution in [1.82, 2.24) is 4.98 Å². The maximum Gasteiger partial charge on any atom is 0.297 e. The Balaban J connectivity index is 1.98. The van der Waals surface area contributed by atoms with Crippen molar-refractivity contribution in [1.29, 1.82) is 0 Å². The molecule has 2 rings (SSSR count). The van der Waals surface area contributed by atoms with Crippen LogP contribution in [0.3, 0.4) is 0 Å². The largest absolute Gasteiger partial charge is 0.432 e. The van der Waals surface area contributed by atoms with Crippen LogP contribution in [-0.4, -0.2) is 36.9 Å². The normalized spacial score (nSPS) is 21.4. The van der Waals surface area contributed by atoms with Gasteiger partial charge >= 0.3 is 0 Å². The lowest BCUT2D eigenvalue weighted by molar-refractivity contribution is 0.142. The molecule has 0 spiro atoms. The quantitative estimate of drug-likeness (QED) is 0.831. The van der Waals surface area contributed by atoms with Gasteiger partial charge in [0.05, 0.1) is 13.2 Å². The third-order valence-electron chi connectivity index (χ3n) is 2.89. The van der Waals surface area contributed by atoms with Gasteiger partial charge in [-0.15, -0.1) is 0 Å². The van der Waals surface area contributed by atoms with Crippen molar-refractivity contribution in [2.75, 3.05) is 31.7 Å². The number of hydrogen-bond acceptors (Lipinski definition) is 5. The summed E-state index contributed by atoms with van der Waals surface area (Å²) in [4.78, 5) is 6.33. The van der Waals surface area contributed by atoms with Crippen LogP contribution >= 0.6 is 0 Å². The van der Waals surface area contributed by atoms with Crippen molar-refractivity contribution in [3.8, 4) is 0 Å². The van der Waals surface area contributed by atoms with Gasteiger partial charge in [-0.2, -0.15) is 4.98 Å². The number of aliphatic hydroxyl groups excluding tert-OH is 1. The standard InChI is InChI=1S/C11H18N2O3/c1-15-7-9-3-2-4-13(5-9)11-12-10(6-14)8-16-11/h8-9,14H,2-7H2,1H3. The monoisotopic (exact) mass is 226 g/mol. The number of nitrogens with zero attached hydrogens (tertiary/aromatic N) is 2. The third-order valence-corrected chi connectivity index (χ3v) is 2.89. The number of oxazole rings is 1. The van der Waals surface area contributed by atoms with Gasteiger partial charge in [-0.3, -0.25) is 0 Å².